The summed E-state index contributed by atoms with van der Waals surface area (Å²) in [5, 5.41) is 2.84. The number of hydrogen-bond donors (Lipinski definition) is 1. The van der Waals surface area contributed by atoms with Gasteiger partial charge in [-0.2, -0.15) is 0 Å². The summed E-state index contributed by atoms with van der Waals surface area (Å²) in [7, 11) is 0. The Hall–Kier alpha value is -0.280. The molecule has 0 radical (unpaired) electrons. The standard InChI is InChI=1S/C11H20ClNO2/c1-8(12)11(2,3)13-10(14)7-9-5-4-6-15-9/h8-9H,4-7H2,1-3H3,(H,13,14). The van der Waals surface area contributed by atoms with Crippen LogP contribution in [0, 0.1) is 0 Å². The lowest BCUT2D eigenvalue weighted by molar-refractivity contribution is -0.124. The highest BCUT2D eigenvalue weighted by molar-refractivity contribution is 6.21. The van der Waals surface area contributed by atoms with Gasteiger partial charge in [0.2, 0.25) is 5.91 Å². The molecule has 0 aliphatic carbocycles. The summed E-state index contributed by atoms with van der Waals surface area (Å²) in [6, 6.07) is 0. The van der Waals surface area contributed by atoms with Gasteiger partial charge in [-0.15, -0.1) is 11.6 Å². The van der Waals surface area contributed by atoms with E-state index in [-0.39, 0.29) is 22.9 Å². The Labute approximate surface area is 96.5 Å². The maximum atomic E-state index is 11.7. The first-order chi connectivity index (χ1) is 6.92. The summed E-state index contributed by atoms with van der Waals surface area (Å²) < 4.78 is 5.40. The molecule has 1 amide bonds. The zero-order valence-corrected chi connectivity index (χ0v) is 10.4. The molecule has 0 bridgehead atoms. The Bertz CT molecular complexity index is 223. The van der Waals surface area contributed by atoms with Crippen molar-refractivity contribution >= 4 is 17.5 Å². The number of hydrogen-bond acceptors (Lipinski definition) is 2. The normalized spacial score (nSPS) is 23.9. The first kappa shape index (κ1) is 12.8. The van der Waals surface area contributed by atoms with Gasteiger partial charge in [0.1, 0.15) is 0 Å². The van der Waals surface area contributed by atoms with Crippen molar-refractivity contribution in [3.63, 3.8) is 0 Å². The lowest BCUT2D eigenvalue weighted by Gasteiger charge is -2.29. The maximum Gasteiger partial charge on any atom is 0.223 e. The van der Waals surface area contributed by atoms with Crippen LogP contribution in [0.2, 0.25) is 0 Å². The van der Waals surface area contributed by atoms with E-state index in [1.54, 1.807) is 0 Å². The highest BCUT2D eigenvalue weighted by Gasteiger charge is 2.27. The summed E-state index contributed by atoms with van der Waals surface area (Å²) in [6.07, 6.45) is 2.61. The molecule has 1 heterocycles. The second kappa shape index (κ2) is 5.17. The zero-order valence-electron chi connectivity index (χ0n) is 9.68. The highest BCUT2D eigenvalue weighted by atomic mass is 35.5. The summed E-state index contributed by atoms with van der Waals surface area (Å²) in [5.74, 6) is 0.0272. The van der Waals surface area contributed by atoms with Crippen molar-refractivity contribution in [1.29, 1.82) is 0 Å². The van der Waals surface area contributed by atoms with Gasteiger partial charge in [-0.25, -0.2) is 0 Å². The Morgan fingerprint density at radius 3 is 2.80 bits per heavy atom. The molecule has 2 unspecified atom stereocenters. The Morgan fingerprint density at radius 2 is 2.33 bits per heavy atom. The Kier molecular flexibility index (Phi) is 4.41. The summed E-state index contributed by atoms with van der Waals surface area (Å²) in [4.78, 5) is 11.7. The molecule has 3 nitrogen and oxygen atoms in total. The monoisotopic (exact) mass is 233 g/mol. The zero-order chi connectivity index (χ0) is 11.5. The Balaban J connectivity index is 2.34. The van der Waals surface area contributed by atoms with E-state index in [0.717, 1.165) is 19.4 Å². The molecule has 15 heavy (non-hydrogen) atoms. The first-order valence-electron chi connectivity index (χ1n) is 5.48. The van der Waals surface area contributed by atoms with Crippen molar-refractivity contribution in [2.45, 2.75) is 57.1 Å². The molecule has 1 rings (SSSR count). The smallest absolute Gasteiger partial charge is 0.223 e. The molecule has 0 aromatic carbocycles. The van der Waals surface area contributed by atoms with E-state index in [9.17, 15) is 4.79 Å². The van der Waals surface area contributed by atoms with Crippen LogP contribution in [0.4, 0.5) is 0 Å². The minimum atomic E-state index is -0.364. The lowest BCUT2D eigenvalue weighted by atomic mass is 10.0. The third kappa shape index (κ3) is 3.99. The van der Waals surface area contributed by atoms with E-state index in [4.69, 9.17) is 16.3 Å². The third-order valence-electron chi connectivity index (χ3n) is 2.89. The molecular formula is C11H20ClNO2. The molecule has 1 saturated heterocycles. The van der Waals surface area contributed by atoms with Crippen LogP contribution in [-0.4, -0.2) is 29.5 Å². The van der Waals surface area contributed by atoms with E-state index in [1.807, 2.05) is 20.8 Å². The van der Waals surface area contributed by atoms with Crippen molar-refractivity contribution in [3.05, 3.63) is 0 Å². The molecule has 1 aliphatic heterocycles. The van der Waals surface area contributed by atoms with Gasteiger partial charge in [0.15, 0.2) is 0 Å². The number of halogens is 1. The number of ether oxygens (including phenoxy) is 1. The molecule has 0 spiro atoms. The molecule has 1 aliphatic rings. The number of rotatable bonds is 4. The van der Waals surface area contributed by atoms with Gasteiger partial charge in [-0.05, 0) is 33.6 Å². The molecule has 88 valence electrons. The van der Waals surface area contributed by atoms with Crippen LogP contribution < -0.4 is 5.32 Å². The number of alkyl halides is 1. The van der Waals surface area contributed by atoms with Crippen molar-refractivity contribution in [2.75, 3.05) is 6.61 Å². The van der Waals surface area contributed by atoms with E-state index in [2.05, 4.69) is 5.32 Å². The number of amides is 1. The fourth-order valence-electron chi connectivity index (χ4n) is 1.52. The molecule has 4 heteroatoms. The van der Waals surface area contributed by atoms with Gasteiger partial charge in [-0.1, -0.05) is 0 Å². The lowest BCUT2D eigenvalue weighted by Crippen LogP contribution is -2.49. The van der Waals surface area contributed by atoms with Crippen molar-refractivity contribution < 1.29 is 9.53 Å². The van der Waals surface area contributed by atoms with E-state index < -0.39 is 0 Å². The highest BCUT2D eigenvalue weighted by Crippen LogP contribution is 2.18. The summed E-state index contributed by atoms with van der Waals surface area (Å²) >= 11 is 5.98. The number of carbonyl (C=O) groups is 1. The number of nitrogens with one attached hydrogen (secondary N) is 1. The van der Waals surface area contributed by atoms with Crippen LogP contribution in [0.5, 0.6) is 0 Å². The van der Waals surface area contributed by atoms with Gasteiger partial charge in [0.05, 0.1) is 23.4 Å². The molecule has 1 N–H and O–H groups in total. The number of carbonyl (C=O) groups excluding carboxylic acids is 1. The fourth-order valence-corrected chi connectivity index (χ4v) is 1.58. The average molecular weight is 234 g/mol. The van der Waals surface area contributed by atoms with Crippen molar-refractivity contribution in [2.24, 2.45) is 0 Å². The third-order valence-corrected chi connectivity index (χ3v) is 3.44. The van der Waals surface area contributed by atoms with Gasteiger partial charge >= 0.3 is 0 Å². The first-order valence-corrected chi connectivity index (χ1v) is 5.92. The fraction of sp³-hybridized carbons (Fsp3) is 0.909. The predicted molar refractivity (Wildman–Crippen MR) is 61.1 cm³/mol. The van der Waals surface area contributed by atoms with Crippen LogP contribution >= 0.6 is 11.6 Å². The molecular weight excluding hydrogens is 214 g/mol. The van der Waals surface area contributed by atoms with Crippen LogP contribution in [0.1, 0.15) is 40.0 Å². The van der Waals surface area contributed by atoms with Gasteiger partial charge in [-0.3, -0.25) is 4.79 Å². The van der Waals surface area contributed by atoms with Gasteiger partial charge < -0.3 is 10.1 Å². The van der Waals surface area contributed by atoms with Crippen molar-refractivity contribution in [3.8, 4) is 0 Å². The quantitative estimate of drug-likeness (QED) is 0.755. The van der Waals surface area contributed by atoms with Crippen LogP contribution in [0.3, 0.4) is 0 Å². The largest absolute Gasteiger partial charge is 0.378 e. The minimum Gasteiger partial charge on any atom is -0.378 e. The summed E-state index contributed by atoms with van der Waals surface area (Å²) in [5.41, 5.74) is -0.364. The topological polar surface area (TPSA) is 38.3 Å². The molecule has 2 atom stereocenters. The van der Waals surface area contributed by atoms with Crippen LogP contribution in [0.25, 0.3) is 0 Å². The van der Waals surface area contributed by atoms with E-state index in [0.29, 0.717) is 6.42 Å². The van der Waals surface area contributed by atoms with E-state index >= 15 is 0 Å². The van der Waals surface area contributed by atoms with Gasteiger partial charge in [0.25, 0.3) is 0 Å². The summed E-state index contributed by atoms with van der Waals surface area (Å²) in [6.45, 7) is 6.53. The SMILES string of the molecule is CC(Cl)C(C)(C)NC(=O)CC1CCCO1. The van der Waals surface area contributed by atoms with E-state index in [1.165, 1.54) is 0 Å². The predicted octanol–water partition coefficient (Wildman–Crippen LogP) is 2.08. The Morgan fingerprint density at radius 1 is 1.67 bits per heavy atom. The molecule has 0 saturated carbocycles. The molecule has 1 fully saturated rings. The second-order valence-corrected chi connectivity index (χ2v) is 5.38. The molecule has 0 aromatic rings. The van der Waals surface area contributed by atoms with Crippen molar-refractivity contribution in [1.82, 2.24) is 5.32 Å². The minimum absolute atomic E-state index is 0.0272. The maximum absolute atomic E-state index is 11.7. The molecule has 0 aromatic heterocycles. The van der Waals surface area contributed by atoms with Crippen LogP contribution in [-0.2, 0) is 9.53 Å². The second-order valence-electron chi connectivity index (χ2n) is 4.73. The van der Waals surface area contributed by atoms with Crippen LogP contribution in [0.15, 0.2) is 0 Å². The van der Waals surface area contributed by atoms with Gasteiger partial charge in [0, 0.05) is 6.61 Å². The average Bonchev–Trinajstić information content (AvgIpc) is 2.54.